The van der Waals surface area contributed by atoms with Crippen LogP contribution < -0.4 is 0 Å². The second-order valence-electron chi connectivity index (χ2n) is 2.79. The van der Waals surface area contributed by atoms with Crippen molar-refractivity contribution in [1.29, 1.82) is 0 Å². The zero-order valence-corrected chi connectivity index (χ0v) is 12.1. The van der Waals surface area contributed by atoms with Gasteiger partial charge in [0.25, 0.3) is 0 Å². The first-order valence-corrected chi connectivity index (χ1v) is 6.21. The zero-order valence-electron chi connectivity index (χ0n) is 12.1. The molecule has 1 nitrogen and oxygen atoms in total. The Morgan fingerprint density at radius 1 is 1.06 bits per heavy atom. The van der Waals surface area contributed by atoms with Crippen LogP contribution in [0.2, 0.25) is 0 Å². The molecule has 0 saturated carbocycles. The highest BCUT2D eigenvalue weighted by molar-refractivity contribution is 5.64. The molecule has 0 aromatic heterocycles. The molecule has 1 heteroatoms. The number of rotatable bonds is 3. The standard InChI is InChI=1S/C12H14O.2C2H6/c1-4-11-7-5-6-8-12(11)9-10(2)13-3;2*1-2/h4-9H,1H2,2-3H3;2*1-2H3/b10-9+;;. The van der Waals surface area contributed by atoms with Crippen molar-refractivity contribution in [1.82, 2.24) is 0 Å². The molecule has 0 atom stereocenters. The van der Waals surface area contributed by atoms with E-state index in [-0.39, 0.29) is 0 Å². The minimum atomic E-state index is 0.898. The Balaban J connectivity index is 0. The lowest BCUT2D eigenvalue weighted by Crippen LogP contribution is -1.83. The molecule has 0 spiro atoms. The van der Waals surface area contributed by atoms with Gasteiger partial charge in [-0.25, -0.2) is 0 Å². The Kier molecular flexibility index (Phi) is 13.2. The van der Waals surface area contributed by atoms with Crippen molar-refractivity contribution in [2.45, 2.75) is 34.6 Å². The van der Waals surface area contributed by atoms with E-state index in [0.29, 0.717) is 0 Å². The third-order valence-electron chi connectivity index (χ3n) is 1.90. The topological polar surface area (TPSA) is 9.23 Å². The van der Waals surface area contributed by atoms with Crippen molar-refractivity contribution in [3.8, 4) is 0 Å². The van der Waals surface area contributed by atoms with Crippen LogP contribution in [0, 0.1) is 0 Å². The quantitative estimate of drug-likeness (QED) is 0.637. The molecule has 0 unspecified atom stereocenters. The highest BCUT2D eigenvalue weighted by Gasteiger charge is 1.94. The molecule has 0 saturated heterocycles. The van der Waals surface area contributed by atoms with Gasteiger partial charge in [0, 0.05) is 0 Å². The largest absolute Gasteiger partial charge is 0.501 e. The van der Waals surface area contributed by atoms with Gasteiger partial charge in [0.2, 0.25) is 0 Å². The van der Waals surface area contributed by atoms with Crippen molar-refractivity contribution in [3.05, 3.63) is 47.7 Å². The van der Waals surface area contributed by atoms with Crippen LogP contribution in [-0.2, 0) is 4.74 Å². The minimum Gasteiger partial charge on any atom is -0.501 e. The van der Waals surface area contributed by atoms with E-state index >= 15 is 0 Å². The van der Waals surface area contributed by atoms with Crippen LogP contribution >= 0.6 is 0 Å². The van der Waals surface area contributed by atoms with Crippen LogP contribution in [0.25, 0.3) is 12.2 Å². The molecule has 1 aromatic rings. The Bertz CT molecular complexity index is 324. The molecule has 0 aliphatic rings. The van der Waals surface area contributed by atoms with Crippen molar-refractivity contribution in [3.63, 3.8) is 0 Å². The summed E-state index contributed by atoms with van der Waals surface area (Å²) in [6.07, 6.45) is 3.84. The van der Waals surface area contributed by atoms with Crippen LogP contribution in [0.4, 0.5) is 0 Å². The van der Waals surface area contributed by atoms with Crippen molar-refractivity contribution >= 4 is 12.2 Å². The SMILES string of the molecule is C=Cc1ccccc1/C=C(\C)OC.CC.CC. The lowest BCUT2D eigenvalue weighted by atomic mass is 10.1. The van der Waals surface area contributed by atoms with Gasteiger partial charge in [-0.3, -0.25) is 0 Å². The normalized spacial score (nSPS) is 9.18. The summed E-state index contributed by atoms with van der Waals surface area (Å²) in [6.45, 7) is 13.7. The second kappa shape index (κ2) is 12.6. The van der Waals surface area contributed by atoms with Gasteiger partial charge in [-0.15, -0.1) is 0 Å². The molecule has 1 rings (SSSR count). The summed E-state index contributed by atoms with van der Waals surface area (Å²) in [6, 6.07) is 8.07. The third kappa shape index (κ3) is 7.40. The van der Waals surface area contributed by atoms with E-state index in [2.05, 4.69) is 6.58 Å². The van der Waals surface area contributed by atoms with Crippen molar-refractivity contribution in [2.75, 3.05) is 7.11 Å². The van der Waals surface area contributed by atoms with Crippen LogP contribution in [-0.4, -0.2) is 7.11 Å². The fourth-order valence-electron chi connectivity index (χ4n) is 1.11. The predicted octanol–water partition coefficient (Wildman–Crippen LogP) is 5.39. The Morgan fingerprint density at radius 2 is 1.53 bits per heavy atom. The molecule has 0 heterocycles. The molecule has 17 heavy (non-hydrogen) atoms. The summed E-state index contributed by atoms with van der Waals surface area (Å²) in [5.74, 6) is 0.898. The monoisotopic (exact) mass is 234 g/mol. The van der Waals surface area contributed by atoms with Gasteiger partial charge in [0.05, 0.1) is 12.9 Å². The van der Waals surface area contributed by atoms with Crippen LogP contribution in [0.15, 0.2) is 36.6 Å². The molecule has 0 amide bonds. The van der Waals surface area contributed by atoms with Crippen molar-refractivity contribution < 1.29 is 4.74 Å². The summed E-state index contributed by atoms with van der Waals surface area (Å²) in [4.78, 5) is 0. The number of hydrogen-bond donors (Lipinski definition) is 0. The number of hydrogen-bond acceptors (Lipinski definition) is 1. The molecule has 0 radical (unpaired) electrons. The zero-order chi connectivity index (χ0) is 13.7. The van der Waals surface area contributed by atoms with Crippen LogP contribution in [0.5, 0.6) is 0 Å². The minimum absolute atomic E-state index is 0.898. The van der Waals surface area contributed by atoms with Crippen LogP contribution in [0.3, 0.4) is 0 Å². The van der Waals surface area contributed by atoms with E-state index in [9.17, 15) is 0 Å². The summed E-state index contributed by atoms with van der Waals surface area (Å²) in [7, 11) is 1.67. The lowest BCUT2D eigenvalue weighted by Gasteiger charge is -2.02. The van der Waals surface area contributed by atoms with Gasteiger partial charge in [0.1, 0.15) is 0 Å². The Morgan fingerprint density at radius 3 is 1.94 bits per heavy atom. The van der Waals surface area contributed by atoms with E-state index in [1.807, 2.05) is 71.0 Å². The molecule has 1 aromatic carbocycles. The van der Waals surface area contributed by atoms with E-state index in [1.165, 1.54) is 0 Å². The first-order chi connectivity index (χ1) is 8.27. The van der Waals surface area contributed by atoms with Gasteiger partial charge in [-0.2, -0.15) is 0 Å². The average Bonchev–Trinajstić information content (AvgIpc) is 2.43. The first-order valence-electron chi connectivity index (χ1n) is 6.21. The molecule has 96 valence electrons. The van der Waals surface area contributed by atoms with Gasteiger partial charge < -0.3 is 4.74 Å². The molecule has 0 aliphatic heterocycles. The van der Waals surface area contributed by atoms with Crippen molar-refractivity contribution in [2.24, 2.45) is 0 Å². The Hall–Kier alpha value is -1.50. The molecule has 0 fully saturated rings. The number of allylic oxidation sites excluding steroid dienone is 1. The maximum absolute atomic E-state index is 5.08. The van der Waals surface area contributed by atoms with Crippen LogP contribution in [0.1, 0.15) is 45.7 Å². The maximum atomic E-state index is 5.08. The molecule has 0 N–H and O–H groups in total. The fraction of sp³-hybridized carbons (Fsp3) is 0.375. The number of ether oxygens (including phenoxy) is 1. The summed E-state index contributed by atoms with van der Waals surface area (Å²) >= 11 is 0. The summed E-state index contributed by atoms with van der Waals surface area (Å²) < 4.78 is 5.08. The van der Waals surface area contributed by atoms with Gasteiger partial charge in [-0.1, -0.05) is 64.6 Å². The average molecular weight is 234 g/mol. The number of benzene rings is 1. The molecular formula is C16H26O. The van der Waals surface area contributed by atoms with E-state index in [4.69, 9.17) is 4.74 Å². The van der Waals surface area contributed by atoms with Gasteiger partial charge in [-0.05, 0) is 24.1 Å². The second-order valence-corrected chi connectivity index (χ2v) is 2.79. The summed E-state index contributed by atoms with van der Waals surface area (Å²) in [5.41, 5.74) is 2.26. The number of methoxy groups -OCH3 is 1. The fourth-order valence-corrected chi connectivity index (χ4v) is 1.11. The van der Waals surface area contributed by atoms with Gasteiger partial charge >= 0.3 is 0 Å². The molecule has 0 aliphatic carbocycles. The predicted molar refractivity (Wildman–Crippen MR) is 79.9 cm³/mol. The smallest absolute Gasteiger partial charge is 0.0930 e. The third-order valence-corrected chi connectivity index (χ3v) is 1.90. The lowest BCUT2D eigenvalue weighted by molar-refractivity contribution is 0.297. The first kappa shape index (κ1) is 17.9. The van der Waals surface area contributed by atoms with Gasteiger partial charge in [0.15, 0.2) is 0 Å². The molecular weight excluding hydrogens is 208 g/mol. The summed E-state index contributed by atoms with van der Waals surface area (Å²) in [5, 5.41) is 0. The van der Waals surface area contributed by atoms with E-state index in [1.54, 1.807) is 7.11 Å². The highest BCUT2D eigenvalue weighted by atomic mass is 16.5. The van der Waals surface area contributed by atoms with E-state index in [0.717, 1.165) is 16.9 Å². The van der Waals surface area contributed by atoms with E-state index < -0.39 is 0 Å². The molecule has 0 bridgehead atoms. The highest BCUT2D eigenvalue weighted by Crippen LogP contribution is 2.13. The maximum Gasteiger partial charge on any atom is 0.0930 e. The Labute approximate surface area is 107 Å².